The molecule has 1 amide bonds. The van der Waals surface area contributed by atoms with Crippen LogP contribution < -0.4 is 10.1 Å². The number of halogens is 1. The molecule has 162 valence electrons. The number of hydrogen-bond donors (Lipinski definition) is 1. The van der Waals surface area contributed by atoms with Crippen LogP contribution in [0.4, 0.5) is 5.69 Å². The first-order valence-corrected chi connectivity index (χ1v) is 11.8. The summed E-state index contributed by atoms with van der Waals surface area (Å²) >= 11 is 6.13. The summed E-state index contributed by atoms with van der Waals surface area (Å²) in [6.45, 7) is 4.50. The predicted molar refractivity (Wildman–Crippen MR) is 119 cm³/mol. The number of amides is 1. The van der Waals surface area contributed by atoms with Crippen LogP contribution in [-0.4, -0.2) is 38.8 Å². The van der Waals surface area contributed by atoms with E-state index in [0.717, 1.165) is 5.56 Å². The van der Waals surface area contributed by atoms with Crippen molar-refractivity contribution in [1.29, 1.82) is 0 Å². The summed E-state index contributed by atoms with van der Waals surface area (Å²) < 4.78 is 33.5. The molecule has 30 heavy (non-hydrogen) atoms. The molecular formula is C22H27ClN2O4S. The summed E-state index contributed by atoms with van der Waals surface area (Å²) in [5.41, 5.74) is 1.44. The fourth-order valence-corrected chi connectivity index (χ4v) is 5.46. The maximum atomic E-state index is 13.4. The lowest BCUT2D eigenvalue weighted by molar-refractivity contribution is -0.120. The number of sulfonamides is 1. The number of para-hydroxylation sites is 1. The van der Waals surface area contributed by atoms with Gasteiger partial charge in [0.15, 0.2) is 0 Å². The number of methoxy groups -OCH3 is 1. The zero-order valence-electron chi connectivity index (χ0n) is 17.4. The van der Waals surface area contributed by atoms with Gasteiger partial charge < -0.3 is 10.1 Å². The lowest BCUT2D eigenvalue weighted by atomic mass is 9.99. The zero-order valence-corrected chi connectivity index (χ0v) is 19.0. The van der Waals surface area contributed by atoms with Crippen molar-refractivity contribution in [2.24, 2.45) is 5.92 Å². The SMILES string of the molecule is COc1ccc(C(C)C)cc1S(=O)(=O)N1CCC[C@H](C(=O)Nc2ccccc2Cl)C1. The van der Waals surface area contributed by atoms with E-state index in [1.165, 1.54) is 11.4 Å². The number of carbonyl (C=O) groups excluding carboxylic acids is 1. The average molecular weight is 451 g/mol. The van der Waals surface area contributed by atoms with Crippen LogP contribution in [-0.2, 0) is 14.8 Å². The first-order valence-electron chi connectivity index (χ1n) is 9.97. The van der Waals surface area contributed by atoms with Crippen molar-refractivity contribution in [3.8, 4) is 5.75 Å². The second-order valence-corrected chi connectivity index (χ2v) is 10.0. The normalized spacial score (nSPS) is 17.7. The van der Waals surface area contributed by atoms with E-state index in [1.54, 1.807) is 36.4 Å². The van der Waals surface area contributed by atoms with Crippen molar-refractivity contribution < 1.29 is 17.9 Å². The van der Waals surface area contributed by atoms with E-state index >= 15 is 0 Å². The van der Waals surface area contributed by atoms with Crippen molar-refractivity contribution in [3.63, 3.8) is 0 Å². The van der Waals surface area contributed by atoms with E-state index in [4.69, 9.17) is 16.3 Å². The highest BCUT2D eigenvalue weighted by atomic mass is 35.5. The molecule has 6 nitrogen and oxygen atoms in total. The quantitative estimate of drug-likeness (QED) is 0.702. The third-order valence-corrected chi connectivity index (χ3v) is 7.57. The fraction of sp³-hybridized carbons (Fsp3) is 0.409. The minimum Gasteiger partial charge on any atom is -0.495 e. The number of rotatable bonds is 6. The highest BCUT2D eigenvalue weighted by Gasteiger charge is 2.35. The van der Waals surface area contributed by atoms with Gasteiger partial charge in [0, 0.05) is 13.1 Å². The second kappa shape index (κ2) is 9.37. The van der Waals surface area contributed by atoms with Crippen LogP contribution in [0.2, 0.25) is 5.02 Å². The van der Waals surface area contributed by atoms with Gasteiger partial charge in [-0.15, -0.1) is 0 Å². The lowest BCUT2D eigenvalue weighted by Crippen LogP contribution is -2.43. The Labute approximate surface area is 183 Å². The molecule has 3 rings (SSSR count). The van der Waals surface area contributed by atoms with Gasteiger partial charge in [0.05, 0.1) is 23.7 Å². The predicted octanol–water partition coefficient (Wildman–Crippen LogP) is 4.51. The van der Waals surface area contributed by atoms with Crippen molar-refractivity contribution in [2.75, 3.05) is 25.5 Å². The highest BCUT2D eigenvalue weighted by molar-refractivity contribution is 7.89. The minimum absolute atomic E-state index is 0.119. The largest absolute Gasteiger partial charge is 0.495 e. The molecular weight excluding hydrogens is 424 g/mol. The highest BCUT2D eigenvalue weighted by Crippen LogP contribution is 2.33. The molecule has 2 aromatic carbocycles. The van der Waals surface area contributed by atoms with Gasteiger partial charge in [-0.25, -0.2) is 8.42 Å². The van der Waals surface area contributed by atoms with E-state index in [-0.39, 0.29) is 23.3 Å². The molecule has 0 aliphatic carbocycles. The number of nitrogens with one attached hydrogen (secondary N) is 1. The van der Waals surface area contributed by atoms with Crippen LogP contribution in [0, 0.1) is 5.92 Å². The fourth-order valence-electron chi connectivity index (χ4n) is 3.57. The van der Waals surface area contributed by atoms with E-state index < -0.39 is 15.9 Å². The van der Waals surface area contributed by atoms with Gasteiger partial charge in [0.2, 0.25) is 15.9 Å². The van der Waals surface area contributed by atoms with Crippen LogP contribution in [0.25, 0.3) is 0 Å². The molecule has 0 aromatic heterocycles. The Morgan fingerprint density at radius 2 is 1.97 bits per heavy atom. The van der Waals surface area contributed by atoms with Gasteiger partial charge >= 0.3 is 0 Å². The van der Waals surface area contributed by atoms with Crippen molar-refractivity contribution in [3.05, 3.63) is 53.1 Å². The van der Waals surface area contributed by atoms with Gasteiger partial charge in [-0.1, -0.05) is 43.6 Å². The first kappa shape index (κ1) is 22.6. The molecule has 0 saturated carbocycles. The van der Waals surface area contributed by atoms with Gasteiger partial charge in [-0.2, -0.15) is 4.31 Å². The Morgan fingerprint density at radius 3 is 2.63 bits per heavy atom. The number of nitrogens with zero attached hydrogens (tertiary/aromatic N) is 1. The molecule has 0 bridgehead atoms. The van der Waals surface area contributed by atoms with Crippen molar-refractivity contribution >= 4 is 33.2 Å². The van der Waals surface area contributed by atoms with Gasteiger partial charge in [0.1, 0.15) is 10.6 Å². The first-order chi connectivity index (χ1) is 14.2. The topological polar surface area (TPSA) is 75.7 Å². The Balaban J connectivity index is 1.83. The average Bonchev–Trinajstić information content (AvgIpc) is 2.74. The molecule has 1 aliphatic rings. The molecule has 1 N–H and O–H groups in total. The van der Waals surface area contributed by atoms with Crippen LogP contribution >= 0.6 is 11.6 Å². The Bertz CT molecular complexity index is 1020. The summed E-state index contributed by atoms with van der Waals surface area (Å²) in [5.74, 6) is -0.197. The van der Waals surface area contributed by atoms with E-state index in [0.29, 0.717) is 35.8 Å². The van der Waals surface area contributed by atoms with Crippen LogP contribution in [0.1, 0.15) is 38.2 Å². The molecule has 1 heterocycles. The summed E-state index contributed by atoms with van der Waals surface area (Å²) in [4.78, 5) is 12.9. The van der Waals surface area contributed by atoms with E-state index in [1.807, 2.05) is 19.9 Å². The molecule has 1 fully saturated rings. The maximum Gasteiger partial charge on any atom is 0.246 e. The lowest BCUT2D eigenvalue weighted by Gasteiger charge is -2.31. The number of anilines is 1. The molecule has 1 atom stereocenters. The number of hydrogen-bond acceptors (Lipinski definition) is 4. The molecule has 0 spiro atoms. The number of ether oxygens (including phenoxy) is 1. The minimum atomic E-state index is -3.81. The van der Waals surface area contributed by atoms with Crippen LogP contribution in [0.15, 0.2) is 47.4 Å². The molecule has 1 saturated heterocycles. The third-order valence-electron chi connectivity index (χ3n) is 5.36. The van der Waals surface area contributed by atoms with Crippen LogP contribution in [0.5, 0.6) is 5.75 Å². The monoisotopic (exact) mass is 450 g/mol. The summed E-state index contributed by atoms with van der Waals surface area (Å²) in [6.07, 6.45) is 1.22. The molecule has 1 aliphatic heterocycles. The van der Waals surface area contributed by atoms with E-state index in [2.05, 4.69) is 5.32 Å². The number of carbonyl (C=O) groups is 1. The smallest absolute Gasteiger partial charge is 0.246 e. The van der Waals surface area contributed by atoms with Gasteiger partial charge in [-0.3, -0.25) is 4.79 Å². The zero-order chi connectivity index (χ0) is 21.9. The number of piperidine rings is 1. The Kier molecular flexibility index (Phi) is 7.06. The standard InChI is InChI=1S/C22H27ClN2O4S/c1-15(2)16-10-11-20(29-3)21(13-16)30(27,28)25-12-6-7-17(14-25)22(26)24-19-9-5-4-8-18(19)23/h4-5,8-11,13,15,17H,6-7,12,14H2,1-3H3,(H,24,26)/t17-/m0/s1. The Hall–Kier alpha value is -2.09. The van der Waals surface area contributed by atoms with E-state index in [9.17, 15) is 13.2 Å². The molecule has 2 aromatic rings. The molecule has 8 heteroatoms. The molecule has 0 unspecified atom stereocenters. The van der Waals surface area contributed by atoms with Crippen molar-refractivity contribution in [2.45, 2.75) is 37.5 Å². The van der Waals surface area contributed by atoms with Crippen LogP contribution in [0.3, 0.4) is 0 Å². The summed E-state index contributed by atoms with van der Waals surface area (Å²) in [7, 11) is -2.35. The van der Waals surface area contributed by atoms with Crippen molar-refractivity contribution in [1.82, 2.24) is 4.31 Å². The third kappa shape index (κ3) is 4.79. The summed E-state index contributed by atoms with van der Waals surface area (Å²) in [5, 5.41) is 3.27. The second-order valence-electron chi connectivity index (χ2n) is 7.74. The van der Waals surface area contributed by atoms with Gasteiger partial charge in [0.25, 0.3) is 0 Å². The summed E-state index contributed by atoms with van der Waals surface area (Å²) in [6, 6.07) is 12.2. The maximum absolute atomic E-state index is 13.4. The number of benzene rings is 2. The molecule has 0 radical (unpaired) electrons. The Morgan fingerprint density at radius 1 is 1.23 bits per heavy atom. The van der Waals surface area contributed by atoms with Gasteiger partial charge in [-0.05, 0) is 48.6 Å².